The Bertz CT molecular complexity index is 1740. The average Bonchev–Trinajstić information content (AvgIpc) is 3.49. The van der Waals surface area contributed by atoms with Crippen LogP contribution in [0.1, 0.15) is 38.3 Å². The number of aromatic hydroxyl groups is 1. The second kappa shape index (κ2) is 9.37. The first-order valence-corrected chi connectivity index (χ1v) is 14.1. The van der Waals surface area contributed by atoms with Crippen molar-refractivity contribution in [1.82, 2.24) is 9.55 Å². The molecule has 0 fully saturated rings. The SMILES string of the molecule is COc1ccc(-c2csc(N=Nc3c(O)n4c5c(cc(Cl)cc35)C(C)(c3ccc(Cl)cc3)CC4(C)C)n2)cc1. The molecule has 0 saturated heterocycles. The number of hydrogen-bond donors (Lipinski definition) is 1. The number of hydrogen-bond acceptors (Lipinski definition) is 6. The van der Waals surface area contributed by atoms with Crippen LogP contribution >= 0.6 is 34.5 Å². The van der Waals surface area contributed by atoms with Gasteiger partial charge in [0, 0.05) is 37.3 Å². The first-order valence-electron chi connectivity index (χ1n) is 12.5. The fourth-order valence-electron chi connectivity index (χ4n) is 5.87. The van der Waals surface area contributed by atoms with Gasteiger partial charge in [0.2, 0.25) is 11.0 Å². The monoisotopic (exact) mass is 576 g/mol. The van der Waals surface area contributed by atoms with E-state index in [-0.39, 0.29) is 11.3 Å². The van der Waals surface area contributed by atoms with E-state index in [2.05, 4.69) is 48.1 Å². The minimum absolute atomic E-state index is 0.0624. The van der Waals surface area contributed by atoms with Crippen LogP contribution < -0.4 is 4.74 Å². The number of halogens is 2. The molecule has 3 heterocycles. The molecule has 2 aromatic heterocycles. The number of thiazole rings is 1. The molecule has 0 aliphatic carbocycles. The van der Waals surface area contributed by atoms with E-state index in [1.54, 1.807) is 7.11 Å². The number of methoxy groups -OCH3 is 1. The fourth-order valence-corrected chi connectivity index (χ4v) is 6.86. The lowest BCUT2D eigenvalue weighted by atomic mass is 9.66. The molecule has 0 amide bonds. The van der Waals surface area contributed by atoms with Crippen LogP contribution in [0.4, 0.5) is 10.8 Å². The van der Waals surface area contributed by atoms with E-state index in [1.165, 1.54) is 11.3 Å². The summed E-state index contributed by atoms with van der Waals surface area (Å²) >= 11 is 14.3. The molecule has 1 atom stereocenters. The number of rotatable bonds is 5. The van der Waals surface area contributed by atoms with Gasteiger partial charge >= 0.3 is 0 Å². The smallest absolute Gasteiger partial charge is 0.230 e. The lowest BCUT2D eigenvalue weighted by Gasteiger charge is -2.45. The van der Waals surface area contributed by atoms with Crippen LogP contribution in [0.5, 0.6) is 11.6 Å². The molecule has 9 heteroatoms. The van der Waals surface area contributed by atoms with Crippen molar-refractivity contribution < 1.29 is 9.84 Å². The van der Waals surface area contributed by atoms with Gasteiger partial charge < -0.3 is 14.4 Å². The van der Waals surface area contributed by atoms with Gasteiger partial charge in [-0.1, -0.05) is 42.3 Å². The number of ether oxygens (including phenoxy) is 1. The molecular formula is C30H26Cl2N4O2S. The van der Waals surface area contributed by atoms with Crippen LogP contribution in [0.15, 0.2) is 76.3 Å². The van der Waals surface area contributed by atoms with Crippen LogP contribution in [0, 0.1) is 0 Å². The summed E-state index contributed by atoms with van der Waals surface area (Å²) in [6.07, 6.45) is 0.737. The van der Waals surface area contributed by atoms with E-state index in [0.29, 0.717) is 20.9 Å². The summed E-state index contributed by atoms with van der Waals surface area (Å²) < 4.78 is 7.21. The summed E-state index contributed by atoms with van der Waals surface area (Å²) in [4.78, 5) is 4.63. The van der Waals surface area contributed by atoms with E-state index < -0.39 is 5.54 Å². The summed E-state index contributed by atoms with van der Waals surface area (Å²) in [7, 11) is 1.64. The Labute approximate surface area is 240 Å². The summed E-state index contributed by atoms with van der Waals surface area (Å²) in [6.45, 7) is 6.47. The van der Waals surface area contributed by atoms with Gasteiger partial charge in [0.15, 0.2) is 5.69 Å². The molecule has 1 aliphatic rings. The maximum absolute atomic E-state index is 11.5. The predicted octanol–water partition coefficient (Wildman–Crippen LogP) is 9.65. The molecule has 0 saturated carbocycles. The van der Waals surface area contributed by atoms with Crippen LogP contribution in [0.25, 0.3) is 22.2 Å². The maximum atomic E-state index is 11.5. The van der Waals surface area contributed by atoms with Crippen LogP contribution in [0.3, 0.4) is 0 Å². The molecule has 6 rings (SSSR count). The Morgan fingerprint density at radius 2 is 1.69 bits per heavy atom. The Balaban J connectivity index is 1.46. The summed E-state index contributed by atoms with van der Waals surface area (Å²) in [5.41, 5.74) is 4.40. The van der Waals surface area contributed by atoms with Gasteiger partial charge in [-0.25, -0.2) is 4.98 Å². The minimum atomic E-state index is -0.423. The zero-order chi connectivity index (χ0) is 27.5. The summed E-state index contributed by atoms with van der Waals surface area (Å²) in [5, 5.41) is 24.9. The third-order valence-electron chi connectivity index (χ3n) is 7.56. The van der Waals surface area contributed by atoms with Gasteiger partial charge in [0.25, 0.3) is 0 Å². The molecule has 0 spiro atoms. The van der Waals surface area contributed by atoms with Crippen LogP contribution in [0.2, 0.25) is 10.0 Å². The van der Waals surface area contributed by atoms with Gasteiger partial charge in [-0.15, -0.1) is 21.6 Å². The molecule has 5 aromatic rings. The zero-order valence-electron chi connectivity index (χ0n) is 21.9. The largest absolute Gasteiger partial charge is 0.497 e. The molecule has 39 heavy (non-hydrogen) atoms. The van der Waals surface area contributed by atoms with E-state index in [9.17, 15) is 5.11 Å². The molecule has 1 aliphatic heterocycles. The van der Waals surface area contributed by atoms with Gasteiger partial charge in [-0.2, -0.15) is 0 Å². The summed E-state index contributed by atoms with van der Waals surface area (Å²) in [5.74, 6) is 0.846. The van der Waals surface area contributed by atoms with Crippen molar-refractivity contribution in [3.05, 3.63) is 87.2 Å². The molecule has 0 radical (unpaired) electrons. The molecular weight excluding hydrogens is 551 g/mol. The number of benzene rings is 3. The molecule has 0 bridgehead atoms. The second-order valence-corrected chi connectivity index (χ2v) is 12.3. The van der Waals surface area contributed by atoms with Gasteiger partial charge in [0.1, 0.15) is 5.75 Å². The third-order valence-corrected chi connectivity index (χ3v) is 8.75. The molecule has 1 N–H and O–H groups in total. The van der Waals surface area contributed by atoms with Crippen molar-refractivity contribution in [3.8, 4) is 22.9 Å². The zero-order valence-corrected chi connectivity index (χ0v) is 24.2. The fraction of sp³-hybridized carbons (Fsp3) is 0.233. The highest BCUT2D eigenvalue weighted by Crippen LogP contribution is 2.55. The van der Waals surface area contributed by atoms with Crippen molar-refractivity contribution in [1.29, 1.82) is 0 Å². The van der Waals surface area contributed by atoms with Gasteiger partial charge in [-0.3, -0.25) is 0 Å². The third kappa shape index (κ3) is 4.29. The van der Waals surface area contributed by atoms with Crippen molar-refractivity contribution in [3.63, 3.8) is 0 Å². The highest BCUT2D eigenvalue weighted by molar-refractivity contribution is 7.13. The number of azo groups is 1. The lowest BCUT2D eigenvalue weighted by molar-refractivity contribution is 0.236. The topological polar surface area (TPSA) is 72.0 Å². The van der Waals surface area contributed by atoms with Crippen LogP contribution in [-0.2, 0) is 11.0 Å². The first kappa shape index (κ1) is 25.9. The lowest BCUT2D eigenvalue weighted by Crippen LogP contribution is -2.41. The van der Waals surface area contributed by atoms with E-state index in [4.69, 9.17) is 27.9 Å². The van der Waals surface area contributed by atoms with Crippen LogP contribution in [-0.4, -0.2) is 21.8 Å². The van der Waals surface area contributed by atoms with Gasteiger partial charge in [0.05, 0.1) is 18.3 Å². The maximum Gasteiger partial charge on any atom is 0.230 e. The summed E-state index contributed by atoms with van der Waals surface area (Å²) in [6, 6.07) is 19.5. The van der Waals surface area contributed by atoms with Crippen molar-refractivity contribution >= 4 is 56.3 Å². The Morgan fingerprint density at radius 3 is 2.38 bits per heavy atom. The van der Waals surface area contributed by atoms with Crippen molar-refractivity contribution in [2.75, 3.05) is 7.11 Å². The standard InChI is InChI=1S/C30H26Cl2N4O2S/c1-29(2)16-30(3,18-7-9-19(31)10-8-18)23-14-20(32)13-22-25(27(37)36(29)26(22)23)34-35-28-33-24(15-39-28)17-5-11-21(38-4)12-6-17/h5-15,37H,16H2,1-4H3. The molecule has 198 valence electrons. The normalized spacial score (nSPS) is 18.2. The number of aromatic nitrogens is 2. The van der Waals surface area contributed by atoms with E-state index in [0.717, 1.165) is 45.5 Å². The molecule has 3 aromatic carbocycles. The highest BCUT2D eigenvalue weighted by Gasteiger charge is 2.45. The second-order valence-electron chi connectivity index (χ2n) is 10.6. The molecule has 1 unspecified atom stereocenters. The average molecular weight is 578 g/mol. The van der Waals surface area contributed by atoms with Crippen molar-refractivity contribution in [2.24, 2.45) is 10.2 Å². The van der Waals surface area contributed by atoms with E-state index in [1.807, 2.05) is 58.5 Å². The minimum Gasteiger partial charge on any atom is -0.497 e. The predicted molar refractivity (Wildman–Crippen MR) is 159 cm³/mol. The first-order chi connectivity index (χ1) is 18.6. The Kier molecular flexibility index (Phi) is 6.21. The highest BCUT2D eigenvalue weighted by atomic mass is 35.5. The van der Waals surface area contributed by atoms with Crippen molar-refractivity contribution in [2.45, 2.75) is 38.1 Å². The Hall–Kier alpha value is -3.39. The van der Waals surface area contributed by atoms with E-state index >= 15 is 0 Å². The number of nitrogens with zero attached hydrogens (tertiary/aromatic N) is 4. The quantitative estimate of drug-likeness (QED) is 0.211. The molecule has 6 nitrogen and oxygen atoms in total. The Morgan fingerprint density at radius 1 is 0.974 bits per heavy atom. The van der Waals surface area contributed by atoms with Gasteiger partial charge in [-0.05, 0) is 79.9 Å².